The quantitative estimate of drug-likeness (QED) is 0.0383. The van der Waals surface area contributed by atoms with Crippen LogP contribution in [0.15, 0.2) is 413 Å². The van der Waals surface area contributed by atoms with Gasteiger partial charge in [0.1, 0.15) is 22.7 Å². The van der Waals surface area contributed by atoms with E-state index in [1.165, 1.54) is 96.7 Å². The number of carbonyl (C=O) groups is 5. The molecule has 7 radical (unpaired) electrons. The Hall–Kier alpha value is -13.7. The van der Waals surface area contributed by atoms with Crippen LogP contribution in [0.25, 0.3) is 83.8 Å². The van der Waals surface area contributed by atoms with E-state index in [-0.39, 0.29) is 193 Å². The first kappa shape index (κ1) is 124. The maximum Gasteiger partial charge on any atom is 0.354 e. The summed E-state index contributed by atoms with van der Waals surface area (Å²) in [5.41, 5.74) is 4.97. The fraction of sp³-hybridized carbons (Fsp3) is 0.0769. The smallest absolute Gasteiger partial charge is 0.354 e. The van der Waals surface area contributed by atoms with E-state index < -0.39 is 5.97 Å². The van der Waals surface area contributed by atoms with Gasteiger partial charge >= 0.3 is 5.97 Å². The van der Waals surface area contributed by atoms with E-state index >= 15 is 0 Å². The van der Waals surface area contributed by atoms with E-state index in [0.717, 1.165) is 79.1 Å². The summed E-state index contributed by atoms with van der Waals surface area (Å²) in [4.78, 5) is 88.0. The molecule has 0 bridgehead atoms. The van der Waals surface area contributed by atoms with Crippen molar-refractivity contribution in [3.8, 4) is 51.7 Å². The second kappa shape index (κ2) is 69.2. The Morgan fingerprint density at radius 2 is 0.732 bits per heavy atom. The van der Waals surface area contributed by atoms with Crippen molar-refractivity contribution in [3.05, 3.63) is 463 Å². The summed E-state index contributed by atoms with van der Waals surface area (Å²) < 4.78 is 18.2. The molecule has 745 valence electrons. The van der Waals surface area contributed by atoms with Crippen molar-refractivity contribution in [2.75, 3.05) is 0 Å². The molecule has 5 N–H and O–H groups in total. The van der Waals surface area contributed by atoms with E-state index in [1.54, 1.807) is 71.4 Å². The van der Waals surface area contributed by atoms with E-state index in [0.29, 0.717) is 0 Å². The third-order valence-electron chi connectivity index (χ3n) is 16.7. The van der Waals surface area contributed by atoms with Crippen molar-refractivity contribution < 1.29 is 190 Å². The molecule has 0 fully saturated rings. The zero-order valence-corrected chi connectivity index (χ0v) is 94.5. The van der Waals surface area contributed by atoms with Gasteiger partial charge in [-0.2, -0.15) is 46.6 Å². The van der Waals surface area contributed by atoms with Gasteiger partial charge in [0.25, 0.3) is 0 Å². The van der Waals surface area contributed by atoms with Crippen LogP contribution in [0.4, 0.5) is 0 Å². The zero-order valence-electron chi connectivity index (χ0n) is 76.9. The summed E-state index contributed by atoms with van der Waals surface area (Å²) in [5, 5.41) is 53.0. The molecule has 4 aromatic carbocycles. The van der Waals surface area contributed by atoms with Gasteiger partial charge in [0.05, 0.1) is 63.5 Å². The number of carboxylic acids is 1. The van der Waals surface area contributed by atoms with E-state index in [9.17, 15) is 24.0 Å². The Labute approximate surface area is 919 Å². The molecule has 20 aromatic rings. The third kappa shape index (κ3) is 44.0. The molecule has 30 nitrogen and oxygen atoms in total. The SMILES string of the molecule is CC(=O)C=C(C)O.CC(=O)C=C(C)O.CC(=O)C=C(C)O.CC(=O)C=C(C)O.O=C(O)c1ccccn1.[Ir].[Ir].[Ir].[Ir].[Ir].[Ir].[Ir].[c-]1cccn1-c1ccccn1.[c-]1cccn1-c1ccccn1.[c-]1cccn1-c1nc2ccccc2s1.[c-]1cccn1-c1nc2cccnc2n1-c1ccccc1.[c-]1cccn1-c1nccn1-c1ccccc1.[c-]1cccn1-c1nncc2ccccc12.[c-]1nccn1-c1ccccn1. The van der Waals surface area contributed by atoms with Crippen LogP contribution in [-0.4, -0.2) is 151 Å². The van der Waals surface area contributed by atoms with Crippen molar-refractivity contribution in [3.63, 3.8) is 0 Å². The number of aliphatic hydroxyl groups is 4. The monoisotopic (exact) mass is 3160 g/mol. The number of benzene rings is 4. The first-order valence-electron chi connectivity index (χ1n) is 41.1. The Morgan fingerprint density at radius 1 is 0.331 bits per heavy atom. The molecule has 16 aromatic heterocycles. The largest absolute Gasteiger partial charge is 0.512 e. The van der Waals surface area contributed by atoms with E-state index in [4.69, 9.17) is 25.5 Å². The fourth-order valence-corrected chi connectivity index (χ4v) is 12.3. The summed E-state index contributed by atoms with van der Waals surface area (Å²) in [5.74, 6) is 3.85. The predicted molar refractivity (Wildman–Crippen MR) is 519 cm³/mol. The van der Waals surface area contributed by atoms with Gasteiger partial charge in [0.2, 0.25) is 0 Å². The summed E-state index contributed by atoms with van der Waals surface area (Å²) in [6.45, 7) is 11.4. The number of hydrogen-bond acceptors (Lipinski definition) is 21. The summed E-state index contributed by atoms with van der Waals surface area (Å²) in [7, 11) is 0. The third-order valence-corrected chi connectivity index (χ3v) is 17.7. The zero-order chi connectivity index (χ0) is 96.3. The van der Waals surface area contributed by atoms with Crippen LogP contribution in [0.2, 0.25) is 0 Å². The first-order chi connectivity index (χ1) is 65.5. The molecule has 0 aliphatic heterocycles. The van der Waals surface area contributed by atoms with Gasteiger partial charge in [-0.1, -0.05) is 165 Å². The van der Waals surface area contributed by atoms with Gasteiger partial charge in [-0.15, -0.1) is 84.9 Å². The molecule has 0 atom stereocenters. The Kier molecular flexibility index (Phi) is 60.6. The number of ketones is 4. The molecule has 20 rings (SSSR count). The molecule has 0 amide bonds. The van der Waals surface area contributed by atoms with Crippen LogP contribution in [0.5, 0.6) is 0 Å². The van der Waals surface area contributed by atoms with Gasteiger partial charge in [-0.05, 0) is 145 Å². The predicted octanol–water partition coefficient (Wildman–Crippen LogP) is 19.9. The molecular formula is C104H93Ir7N20O10S-7. The van der Waals surface area contributed by atoms with Crippen molar-refractivity contribution >= 4 is 72.6 Å². The van der Waals surface area contributed by atoms with Crippen LogP contribution in [0.3, 0.4) is 0 Å². The maximum atomic E-state index is 10.1. The number of nitrogens with zero attached hydrogens (tertiary/aromatic N) is 20. The second-order valence-corrected chi connectivity index (χ2v) is 28.7. The molecule has 16 heterocycles. The number of para-hydroxylation sites is 3. The molecule has 0 spiro atoms. The number of thiazole rings is 1. The Bertz CT molecular complexity index is 6660. The number of rotatable bonds is 14. The molecule has 38 heteroatoms. The van der Waals surface area contributed by atoms with Crippen molar-refractivity contribution in [1.29, 1.82) is 0 Å². The van der Waals surface area contributed by atoms with Crippen LogP contribution < -0.4 is 0 Å². The number of fused-ring (bicyclic) bond motifs is 3. The van der Waals surface area contributed by atoms with E-state index in [1.807, 2.05) is 317 Å². The number of aromatic carboxylic acids is 1. The average molecular weight is 3160 g/mol. The second-order valence-electron chi connectivity index (χ2n) is 27.7. The van der Waals surface area contributed by atoms with Crippen LogP contribution in [0, 0.1) is 43.5 Å². The van der Waals surface area contributed by atoms with Crippen molar-refractivity contribution in [2.45, 2.75) is 55.4 Å². The van der Waals surface area contributed by atoms with Crippen molar-refractivity contribution in [1.82, 2.24) is 96.2 Å². The van der Waals surface area contributed by atoms with Gasteiger partial charge in [-0.25, -0.2) is 14.8 Å². The Morgan fingerprint density at radius 3 is 1.14 bits per heavy atom. The first-order valence-corrected chi connectivity index (χ1v) is 42.0. The average Bonchev–Trinajstić information content (AvgIpc) is 1.62. The molecule has 0 unspecified atom stereocenters. The number of carbonyl (C=O) groups excluding carboxylic acids is 4. The van der Waals surface area contributed by atoms with E-state index in [2.05, 4.69) is 117 Å². The minimum Gasteiger partial charge on any atom is -0.512 e. The number of imidazole rings is 3. The summed E-state index contributed by atoms with van der Waals surface area (Å²) >= 11 is 1.68. The molecule has 0 aliphatic carbocycles. The molecule has 0 saturated carbocycles. The minimum absolute atomic E-state index is 0. The molecule has 0 saturated heterocycles. The Balaban J connectivity index is 0.000000529. The van der Waals surface area contributed by atoms with Crippen LogP contribution in [0.1, 0.15) is 65.9 Å². The number of aromatic nitrogens is 20. The summed E-state index contributed by atoms with van der Waals surface area (Å²) in [6.07, 6.45) is 54.8. The number of carboxylic acid groups (broad SMARTS) is 1. The van der Waals surface area contributed by atoms with Gasteiger partial charge in [0, 0.05) is 231 Å². The standard InChI is InChI=1S/C16H11N4.C13H10N3.C12H8N3.C11H7N2S.2C9H7N2.C8H6N3.C6H5NO2.4C5H8O2.7Ir/c1-2-7-13(8-3-1)20-15-14(9-6-10-17-15)18-16(20)19-11-4-5-12-19;1-2-6-12(7-3-1)16-11-8-14-13(16)15-9-4-5-10-15;1-2-6-11-10(5-1)9-13-14-12(11)15-7-3-4-8-15;1-2-6-10-9(5-1)12-11(14-10)13-7-3-4-8-13;2*1-2-6-10-9(5-1)11-7-3-4-8-11;1-2-4-10-8(3-1)11-6-5-9-7-11;8-6(9)5-3-1-2-4-7-5;4*1-4(6)3-5(2)7;;;;;;;/h1-11H;1-9,11H;1-7,9H;1-7H;2*1-7H;1-6H;1-4H,(H,8,9);4*3,6H,1-2H3;;;;;;;/q7*-1;;;;;;;;;;;;. The molecular weight excluding hydrogens is 3070 g/mol. The number of pyridine rings is 5. The van der Waals surface area contributed by atoms with Gasteiger partial charge in [-0.3, -0.25) is 49.1 Å². The number of allylic oxidation sites excluding steroid dienone is 8. The summed E-state index contributed by atoms with van der Waals surface area (Å²) in [6, 6.07) is 85.1. The number of aliphatic hydroxyl groups excluding tert-OH is 4. The minimum atomic E-state index is -0.990. The van der Waals surface area contributed by atoms with Gasteiger partial charge < -0.3 is 71.6 Å². The topological polar surface area (TPSA) is 373 Å². The van der Waals surface area contributed by atoms with Crippen LogP contribution >= 0.6 is 11.3 Å². The molecule has 0 aliphatic rings. The molecule has 142 heavy (non-hydrogen) atoms. The maximum absolute atomic E-state index is 10.1. The van der Waals surface area contributed by atoms with Crippen molar-refractivity contribution in [2.24, 2.45) is 0 Å². The van der Waals surface area contributed by atoms with Gasteiger partial charge in [0.15, 0.2) is 28.8 Å². The fourth-order valence-electron chi connectivity index (χ4n) is 11.4. The normalized spacial score (nSPS) is 10.0. The van der Waals surface area contributed by atoms with Crippen LogP contribution in [-0.2, 0) is 160 Å². The number of hydrogen-bond donors (Lipinski definition) is 5.